The summed E-state index contributed by atoms with van der Waals surface area (Å²) in [6, 6.07) is 17.5. The topological polar surface area (TPSA) is 30.0 Å². The Morgan fingerprint density at radius 3 is 2.38 bits per heavy atom. The number of para-hydroxylation sites is 1. The Morgan fingerprint density at radius 2 is 1.72 bits per heavy atom. The molecule has 0 atom stereocenters. The number of likely N-dealkylation sites (N-methyl/N-ethyl adjacent to an activating group) is 1. The van der Waals surface area contributed by atoms with Crippen LogP contribution in [0.1, 0.15) is 39.2 Å². The minimum Gasteiger partial charge on any atom is -0.339 e. The van der Waals surface area contributed by atoms with Gasteiger partial charge in [0.05, 0.1) is 18.0 Å². The molecule has 1 saturated heterocycles. The number of amides is 1. The summed E-state index contributed by atoms with van der Waals surface area (Å²) in [5.41, 5.74) is 4.83. The van der Waals surface area contributed by atoms with E-state index >= 15 is 0 Å². The molecule has 0 radical (unpaired) electrons. The Hall–Kier alpha value is -2.79. The molecule has 0 aromatic heterocycles. The summed E-state index contributed by atoms with van der Waals surface area (Å²) < 4.78 is 0. The van der Waals surface area contributed by atoms with Gasteiger partial charge in [-0.05, 0) is 68.2 Å². The number of anilines is 3. The second-order valence-corrected chi connectivity index (χ2v) is 10.1. The number of hydrogen-bond acceptors (Lipinski definition) is 4. The molecule has 0 N–H and O–H groups in total. The second-order valence-electron chi connectivity index (χ2n) is 10.1. The van der Waals surface area contributed by atoms with Crippen LogP contribution in [0.2, 0.25) is 0 Å². The third-order valence-electron chi connectivity index (χ3n) is 6.78. The van der Waals surface area contributed by atoms with Crippen LogP contribution in [0.3, 0.4) is 0 Å². The fourth-order valence-corrected chi connectivity index (χ4v) is 4.54. The first-order valence-corrected chi connectivity index (χ1v) is 11.6. The molecule has 4 rings (SSSR count). The van der Waals surface area contributed by atoms with Crippen molar-refractivity contribution in [3.63, 3.8) is 0 Å². The van der Waals surface area contributed by atoms with Gasteiger partial charge >= 0.3 is 0 Å². The first-order chi connectivity index (χ1) is 15.2. The summed E-state index contributed by atoms with van der Waals surface area (Å²) in [5, 5.41) is 0. The van der Waals surface area contributed by atoms with Gasteiger partial charge in [-0.1, -0.05) is 45.0 Å². The Morgan fingerprint density at radius 1 is 1.03 bits per heavy atom. The van der Waals surface area contributed by atoms with E-state index in [-0.39, 0.29) is 11.3 Å². The molecule has 2 heterocycles. The lowest BCUT2D eigenvalue weighted by Gasteiger charge is -2.34. The monoisotopic (exact) mass is 432 g/mol. The molecule has 1 amide bonds. The average molecular weight is 433 g/mol. The number of hydrogen-bond donors (Lipinski definition) is 0. The molecule has 5 heteroatoms. The van der Waals surface area contributed by atoms with Crippen LogP contribution < -0.4 is 9.80 Å². The molecule has 2 aliphatic rings. The Kier molecular flexibility index (Phi) is 6.29. The lowest BCUT2D eigenvalue weighted by atomic mass is 9.86. The van der Waals surface area contributed by atoms with Crippen LogP contribution >= 0.6 is 0 Å². The number of likely N-dealkylation sites (tertiary alicyclic amines) is 1. The van der Waals surface area contributed by atoms with E-state index in [9.17, 15) is 4.79 Å². The predicted molar refractivity (Wildman–Crippen MR) is 133 cm³/mol. The molecule has 1 fully saturated rings. The van der Waals surface area contributed by atoms with E-state index in [1.165, 1.54) is 11.3 Å². The molecule has 2 aromatic rings. The number of benzene rings is 2. The highest BCUT2D eigenvalue weighted by Gasteiger charge is 2.28. The van der Waals surface area contributed by atoms with Crippen LogP contribution in [0.15, 0.2) is 60.8 Å². The van der Waals surface area contributed by atoms with Crippen molar-refractivity contribution in [3.05, 3.63) is 66.4 Å². The van der Waals surface area contributed by atoms with Gasteiger partial charge < -0.3 is 19.6 Å². The van der Waals surface area contributed by atoms with Gasteiger partial charge in [-0.15, -0.1) is 0 Å². The van der Waals surface area contributed by atoms with E-state index in [0.717, 1.165) is 37.3 Å². The van der Waals surface area contributed by atoms with E-state index < -0.39 is 0 Å². The summed E-state index contributed by atoms with van der Waals surface area (Å²) >= 11 is 0. The highest BCUT2D eigenvalue weighted by atomic mass is 16.2. The predicted octanol–water partition coefficient (Wildman–Crippen LogP) is 4.97. The van der Waals surface area contributed by atoms with Crippen LogP contribution in [-0.2, 0) is 10.2 Å². The summed E-state index contributed by atoms with van der Waals surface area (Å²) in [7, 11) is 4.08. The summed E-state index contributed by atoms with van der Waals surface area (Å²) in [4.78, 5) is 21.7. The van der Waals surface area contributed by atoms with Crippen molar-refractivity contribution in [1.82, 2.24) is 9.80 Å². The van der Waals surface area contributed by atoms with Crippen molar-refractivity contribution in [3.8, 4) is 0 Å². The zero-order valence-electron chi connectivity index (χ0n) is 20.1. The third kappa shape index (κ3) is 4.68. The lowest BCUT2D eigenvalue weighted by molar-refractivity contribution is -0.127. The van der Waals surface area contributed by atoms with E-state index in [0.29, 0.717) is 12.7 Å². The van der Waals surface area contributed by atoms with Crippen LogP contribution in [-0.4, -0.2) is 55.6 Å². The molecule has 32 heavy (non-hydrogen) atoms. The maximum absolute atomic E-state index is 13.0. The summed E-state index contributed by atoms with van der Waals surface area (Å²) in [6.07, 6.45) is 5.77. The van der Waals surface area contributed by atoms with Gasteiger partial charge in [0.25, 0.3) is 0 Å². The van der Waals surface area contributed by atoms with Gasteiger partial charge in [0, 0.05) is 31.1 Å². The van der Waals surface area contributed by atoms with E-state index in [1.807, 2.05) is 24.2 Å². The van der Waals surface area contributed by atoms with E-state index in [2.05, 4.69) is 85.0 Å². The minimum atomic E-state index is 0.0642. The Bertz CT molecular complexity index is 971. The summed E-state index contributed by atoms with van der Waals surface area (Å²) in [6.45, 7) is 9.49. The Balaban J connectivity index is 1.58. The van der Waals surface area contributed by atoms with Crippen molar-refractivity contribution < 1.29 is 4.79 Å². The number of piperidine rings is 1. The maximum Gasteiger partial charge on any atom is 0.248 e. The molecule has 170 valence electrons. The second kappa shape index (κ2) is 8.99. The van der Waals surface area contributed by atoms with Gasteiger partial charge in [-0.3, -0.25) is 4.79 Å². The fourth-order valence-electron chi connectivity index (χ4n) is 4.54. The van der Waals surface area contributed by atoms with Crippen molar-refractivity contribution in [2.24, 2.45) is 0 Å². The van der Waals surface area contributed by atoms with Gasteiger partial charge in [-0.25, -0.2) is 0 Å². The molecule has 0 saturated carbocycles. The molecule has 0 aliphatic carbocycles. The number of carbonyl (C=O) groups excluding carboxylic acids is 1. The quantitative estimate of drug-likeness (QED) is 0.639. The number of nitrogens with zero attached hydrogens (tertiary/aromatic N) is 4. The van der Waals surface area contributed by atoms with Gasteiger partial charge in [0.2, 0.25) is 5.91 Å². The highest BCUT2D eigenvalue weighted by molar-refractivity contribution is 5.90. The molecule has 0 spiro atoms. The third-order valence-corrected chi connectivity index (χ3v) is 6.78. The minimum absolute atomic E-state index is 0.0642. The van der Waals surface area contributed by atoms with Gasteiger partial charge in [0.1, 0.15) is 0 Å². The molecule has 2 aromatic carbocycles. The van der Waals surface area contributed by atoms with Gasteiger partial charge in [-0.2, -0.15) is 0 Å². The van der Waals surface area contributed by atoms with E-state index in [4.69, 9.17) is 0 Å². The maximum atomic E-state index is 13.0. The molecular formula is C27H36N4O. The first kappa shape index (κ1) is 22.4. The van der Waals surface area contributed by atoms with Crippen molar-refractivity contribution in [2.75, 3.05) is 43.7 Å². The molecule has 0 bridgehead atoms. The lowest BCUT2D eigenvalue weighted by Crippen LogP contribution is -2.44. The molecular weight excluding hydrogens is 396 g/mol. The normalized spacial score (nSPS) is 17.8. The number of fused-ring (bicyclic) bond motifs is 1. The number of carbonyl (C=O) groups is 1. The van der Waals surface area contributed by atoms with E-state index in [1.54, 1.807) is 6.08 Å². The van der Waals surface area contributed by atoms with Crippen molar-refractivity contribution in [2.45, 2.75) is 45.1 Å². The number of rotatable bonds is 4. The van der Waals surface area contributed by atoms with Crippen molar-refractivity contribution >= 4 is 23.0 Å². The molecule has 2 aliphatic heterocycles. The van der Waals surface area contributed by atoms with Crippen LogP contribution in [0.25, 0.3) is 0 Å². The standard InChI is InChI=1S/C27H36N4O/c1-27(2,3)21-11-12-24-25(19-21)30(20-31(24)23-9-7-6-8-10-23)18-15-26(32)29(5)22-13-16-28(4)17-14-22/h6-12,15,18-19,22H,13-14,16-17,20H2,1-5H3. The van der Waals surface area contributed by atoms with Crippen molar-refractivity contribution in [1.29, 1.82) is 0 Å². The van der Waals surface area contributed by atoms with Crippen LogP contribution in [0, 0.1) is 0 Å². The largest absolute Gasteiger partial charge is 0.339 e. The molecule has 5 nitrogen and oxygen atoms in total. The fraction of sp³-hybridized carbons (Fsp3) is 0.444. The smallest absolute Gasteiger partial charge is 0.248 e. The van der Waals surface area contributed by atoms with Crippen LogP contribution in [0.4, 0.5) is 17.1 Å². The molecule has 0 unspecified atom stereocenters. The zero-order valence-corrected chi connectivity index (χ0v) is 20.1. The van der Waals surface area contributed by atoms with Crippen LogP contribution in [0.5, 0.6) is 0 Å². The SMILES string of the molecule is CN1CCC(N(C)C(=O)C=CN2CN(c3ccccc3)c3ccc(C(C)(C)C)cc32)CC1. The first-order valence-electron chi connectivity index (χ1n) is 11.6. The van der Waals surface area contributed by atoms with Gasteiger partial charge in [0.15, 0.2) is 0 Å². The zero-order chi connectivity index (χ0) is 22.9. The Labute approximate surface area is 192 Å². The summed E-state index contributed by atoms with van der Waals surface area (Å²) in [5.74, 6) is 0.0752. The average Bonchev–Trinajstić information content (AvgIpc) is 3.15. The highest BCUT2D eigenvalue weighted by Crippen LogP contribution is 2.42.